The van der Waals surface area contributed by atoms with Crippen molar-refractivity contribution in [3.05, 3.63) is 59.7 Å². The van der Waals surface area contributed by atoms with Gasteiger partial charge in [0.15, 0.2) is 0 Å². The molecule has 2 N–H and O–H groups in total. The van der Waals surface area contributed by atoms with Crippen LogP contribution in [0.15, 0.2) is 48.5 Å². The first-order valence-electron chi connectivity index (χ1n) is 7.50. The first-order chi connectivity index (χ1) is 9.83. The van der Waals surface area contributed by atoms with Crippen LogP contribution in [0.4, 0.5) is 11.4 Å². The van der Waals surface area contributed by atoms with Crippen molar-refractivity contribution < 1.29 is 0 Å². The van der Waals surface area contributed by atoms with E-state index in [0.717, 1.165) is 18.7 Å². The van der Waals surface area contributed by atoms with E-state index in [1.165, 1.54) is 42.6 Å². The Kier molecular flexibility index (Phi) is 3.91. The van der Waals surface area contributed by atoms with Crippen LogP contribution in [0.1, 0.15) is 24.0 Å². The first-order valence-corrected chi connectivity index (χ1v) is 7.50. The van der Waals surface area contributed by atoms with Crippen LogP contribution >= 0.6 is 0 Å². The molecule has 0 aromatic heterocycles. The Morgan fingerprint density at radius 1 is 1.05 bits per heavy atom. The van der Waals surface area contributed by atoms with Gasteiger partial charge in [-0.3, -0.25) is 0 Å². The number of benzene rings is 2. The van der Waals surface area contributed by atoms with E-state index < -0.39 is 0 Å². The molecule has 20 heavy (non-hydrogen) atoms. The molecular weight excluding hydrogens is 244 g/mol. The summed E-state index contributed by atoms with van der Waals surface area (Å²) in [5, 5.41) is 0. The fourth-order valence-electron chi connectivity index (χ4n) is 3.07. The van der Waals surface area contributed by atoms with Crippen molar-refractivity contribution in [1.82, 2.24) is 0 Å². The van der Waals surface area contributed by atoms with Gasteiger partial charge in [0.25, 0.3) is 0 Å². The van der Waals surface area contributed by atoms with Crippen LogP contribution in [0.5, 0.6) is 0 Å². The number of para-hydroxylation sites is 1. The molecule has 2 heteroatoms. The molecule has 0 radical (unpaired) electrons. The summed E-state index contributed by atoms with van der Waals surface area (Å²) in [6.07, 6.45) is 4.78. The van der Waals surface area contributed by atoms with Crippen LogP contribution in [0.25, 0.3) is 0 Å². The zero-order chi connectivity index (χ0) is 13.8. The van der Waals surface area contributed by atoms with Crippen molar-refractivity contribution in [1.29, 1.82) is 0 Å². The molecule has 1 heterocycles. The normalized spacial score (nSPS) is 14.1. The number of nitrogens with two attached hydrogens (primary N) is 1. The summed E-state index contributed by atoms with van der Waals surface area (Å²) in [7, 11) is 0. The second kappa shape index (κ2) is 6.00. The lowest BCUT2D eigenvalue weighted by atomic mass is 10.0. The Bertz CT molecular complexity index is 577. The predicted octanol–water partition coefficient (Wildman–Crippen LogP) is 3.65. The van der Waals surface area contributed by atoms with E-state index in [0.29, 0.717) is 0 Å². The minimum absolute atomic E-state index is 0.866. The first kappa shape index (κ1) is 13.0. The SMILES string of the molecule is Nc1cccc(CCCN2CCCc3ccccc32)c1. The standard InChI is InChI=1S/C18H22N2/c19-17-10-3-6-15(14-17)7-4-12-20-13-5-9-16-8-1-2-11-18(16)20/h1-3,6,8,10-11,14H,4-5,7,9,12-13,19H2. The molecule has 0 aliphatic carbocycles. The average molecular weight is 266 g/mol. The van der Waals surface area contributed by atoms with E-state index in [1.54, 1.807) is 0 Å². The summed E-state index contributed by atoms with van der Waals surface area (Å²) in [6.45, 7) is 2.32. The molecule has 104 valence electrons. The van der Waals surface area contributed by atoms with E-state index in [9.17, 15) is 0 Å². The van der Waals surface area contributed by atoms with Crippen molar-refractivity contribution in [2.24, 2.45) is 0 Å². The van der Waals surface area contributed by atoms with Gasteiger partial charge in [-0.1, -0.05) is 30.3 Å². The molecule has 0 saturated heterocycles. The van der Waals surface area contributed by atoms with Crippen LogP contribution in [-0.2, 0) is 12.8 Å². The topological polar surface area (TPSA) is 29.3 Å². The Morgan fingerprint density at radius 2 is 1.95 bits per heavy atom. The van der Waals surface area contributed by atoms with Gasteiger partial charge in [-0.25, -0.2) is 0 Å². The van der Waals surface area contributed by atoms with Gasteiger partial charge in [-0.2, -0.15) is 0 Å². The minimum Gasteiger partial charge on any atom is -0.399 e. The summed E-state index contributed by atoms with van der Waals surface area (Å²) in [5.74, 6) is 0. The number of nitrogen functional groups attached to an aromatic ring is 1. The van der Waals surface area contributed by atoms with E-state index in [2.05, 4.69) is 41.3 Å². The van der Waals surface area contributed by atoms with Crippen LogP contribution < -0.4 is 10.6 Å². The lowest BCUT2D eigenvalue weighted by Crippen LogP contribution is -2.30. The maximum atomic E-state index is 5.83. The highest BCUT2D eigenvalue weighted by atomic mass is 15.1. The number of fused-ring (bicyclic) bond motifs is 1. The summed E-state index contributed by atoms with van der Waals surface area (Å²) < 4.78 is 0. The monoisotopic (exact) mass is 266 g/mol. The third-order valence-electron chi connectivity index (χ3n) is 4.05. The Labute approximate surface area is 121 Å². The van der Waals surface area contributed by atoms with Gasteiger partial charge in [0.05, 0.1) is 0 Å². The number of nitrogens with zero attached hydrogens (tertiary/aromatic N) is 1. The molecule has 0 saturated carbocycles. The van der Waals surface area contributed by atoms with Crippen LogP contribution in [0, 0.1) is 0 Å². The van der Waals surface area contributed by atoms with Crippen LogP contribution in [-0.4, -0.2) is 13.1 Å². The number of hydrogen-bond donors (Lipinski definition) is 1. The highest BCUT2D eigenvalue weighted by Gasteiger charge is 2.15. The van der Waals surface area contributed by atoms with Gasteiger partial charge in [-0.05, 0) is 55.0 Å². The van der Waals surface area contributed by atoms with Crippen molar-refractivity contribution in [2.45, 2.75) is 25.7 Å². The maximum Gasteiger partial charge on any atom is 0.0398 e. The van der Waals surface area contributed by atoms with Gasteiger partial charge in [0.1, 0.15) is 0 Å². The molecule has 1 aliphatic heterocycles. The quantitative estimate of drug-likeness (QED) is 0.856. The second-order valence-corrected chi connectivity index (χ2v) is 5.57. The number of anilines is 2. The lowest BCUT2D eigenvalue weighted by Gasteiger charge is -2.31. The minimum atomic E-state index is 0.866. The van der Waals surface area contributed by atoms with Gasteiger partial charge in [0.2, 0.25) is 0 Å². The number of rotatable bonds is 4. The predicted molar refractivity (Wildman–Crippen MR) is 86.2 cm³/mol. The molecule has 2 nitrogen and oxygen atoms in total. The van der Waals surface area contributed by atoms with E-state index >= 15 is 0 Å². The van der Waals surface area contributed by atoms with Crippen molar-refractivity contribution in [3.8, 4) is 0 Å². The molecule has 0 amide bonds. The third kappa shape index (κ3) is 2.96. The summed E-state index contributed by atoms with van der Waals surface area (Å²) in [6, 6.07) is 17.1. The molecule has 0 fully saturated rings. The van der Waals surface area contributed by atoms with Gasteiger partial charge < -0.3 is 10.6 Å². The second-order valence-electron chi connectivity index (χ2n) is 5.57. The average Bonchev–Trinajstić information content (AvgIpc) is 2.48. The summed E-state index contributed by atoms with van der Waals surface area (Å²) in [4.78, 5) is 2.53. The molecule has 0 spiro atoms. The fraction of sp³-hybridized carbons (Fsp3) is 0.333. The van der Waals surface area contributed by atoms with E-state index in [-0.39, 0.29) is 0 Å². The zero-order valence-electron chi connectivity index (χ0n) is 11.9. The van der Waals surface area contributed by atoms with Crippen molar-refractivity contribution >= 4 is 11.4 Å². The van der Waals surface area contributed by atoms with Gasteiger partial charge >= 0.3 is 0 Å². The molecule has 0 unspecified atom stereocenters. The van der Waals surface area contributed by atoms with Crippen LogP contribution in [0.2, 0.25) is 0 Å². The largest absolute Gasteiger partial charge is 0.399 e. The third-order valence-corrected chi connectivity index (χ3v) is 4.05. The fourth-order valence-corrected chi connectivity index (χ4v) is 3.07. The molecule has 0 bridgehead atoms. The molecule has 3 rings (SSSR count). The summed E-state index contributed by atoms with van der Waals surface area (Å²) in [5.41, 5.74) is 11.0. The Hall–Kier alpha value is -1.96. The molecule has 2 aromatic rings. The smallest absolute Gasteiger partial charge is 0.0398 e. The summed E-state index contributed by atoms with van der Waals surface area (Å²) >= 11 is 0. The maximum absolute atomic E-state index is 5.83. The van der Waals surface area contributed by atoms with Crippen LogP contribution in [0.3, 0.4) is 0 Å². The molecule has 0 atom stereocenters. The molecular formula is C18H22N2. The highest BCUT2D eigenvalue weighted by molar-refractivity contribution is 5.55. The number of hydrogen-bond acceptors (Lipinski definition) is 2. The zero-order valence-corrected chi connectivity index (χ0v) is 11.9. The lowest BCUT2D eigenvalue weighted by molar-refractivity contribution is 0.664. The highest BCUT2D eigenvalue weighted by Crippen LogP contribution is 2.26. The van der Waals surface area contributed by atoms with Crippen molar-refractivity contribution in [3.63, 3.8) is 0 Å². The molecule has 2 aromatic carbocycles. The number of aryl methyl sites for hydroxylation is 2. The van der Waals surface area contributed by atoms with Gasteiger partial charge in [0, 0.05) is 24.5 Å². The molecule has 1 aliphatic rings. The van der Waals surface area contributed by atoms with Crippen molar-refractivity contribution in [2.75, 3.05) is 23.7 Å². The Balaban J connectivity index is 1.60. The van der Waals surface area contributed by atoms with E-state index in [1.807, 2.05) is 12.1 Å². The Morgan fingerprint density at radius 3 is 2.85 bits per heavy atom. The van der Waals surface area contributed by atoms with Gasteiger partial charge in [-0.15, -0.1) is 0 Å². The van der Waals surface area contributed by atoms with E-state index in [4.69, 9.17) is 5.73 Å².